The van der Waals surface area contributed by atoms with Crippen LogP contribution in [0.4, 0.5) is 0 Å². The van der Waals surface area contributed by atoms with Gasteiger partial charge in [0, 0.05) is 0 Å². The predicted octanol–water partition coefficient (Wildman–Crippen LogP) is 2.36. The van der Waals surface area contributed by atoms with Crippen molar-refractivity contribution in [1.29, 1.82) is 0 Å². The van der Waals surface area contributed by atoms with E-state index in [0.29, 0.717) is 0 Å². The molecule has 0 aliphatic carbocycles. The van der Waals surface area contributed by atoms with Crippen LogP contribution >= 0.6 is 11.8 Å². The van der Waals surface area contributed by atoms with Crippen LogP contribution < -0.4 is 5.73 Å². The summed E-state index contributed by atoms with van der Waals surface area (Å²) in [6, 6.07) is 0. The first-order chi connectivity index (χ1) is 5.30. The second-order valence-electron chi connectivity index (χ2n) is 3.19. The quantitative estimate of drug-likeness (QED) is 0.662. The molecular weight excluding hydrogens is 154 g/mol. The third kappa shape index (κ3) is 4.70. The minimum Gasteiger partial charge on any atom is -0.333 e. The van der Waals surface area contributed by atoms with E-state index in [1.54, 1.807) is 0 Å². The third-order valence-corrected chi connectivity index (χ3v) is 3.26. The van der Waals surface area contributed by atoms with Crippen LogP contribution in [0.25, 0.3) is 0 Å². The smallest absolute Gasteiger partial charge is 0.00648 e. The summed E-state index contributed by atoms with van der Waals surface area (Å²) in [4.78, 5) is 0. The van der Waals surface area contributed by atoms with Crippen molar-refractivity contribution >= 4 is 11.8 Å². The van der Waals surface area contributed by atoms with Gasteiger partial charge in [0.15, 0.2) is 0 Å². The van der Waals surface area contributed by atoms with Crippen molar-refractivity contribution in [2.24, 2.45) is 17.6 Å². The summed E-state index contributed by atoms with van der Waals surface area (Å²) in [5.74, 6) is 4.77. The van der Waals surface area contributed by atoms with E-state index >= 15 is 0 Å². The maximum absolute atomic E-state index is 4.50. The molecule has 1 aliphatic heterocycles. The van der Waals surface area contributed by atoms with E-state index in [9.17, 15) is 0 Å². The molecule has 68 valence electrons. The predicted molar refractivity (Wildman–Crippen MR) is 55.0 cm³/mol. The lowest BCUT2D eigenvalue weighted by Gasteiger charge is -2.24. The third-order valence-electron chi connectivity index (χ3n) is 2.21. The fourth-order valence-corrected chi connectivity index (χ4v) is 2.53. The Balaban J connectivity index is 0.000000461. The van der Waals surface area contributed by atoms with Crippen LogP contribution in [0.2, 0.25) is 0 Å². The molecule has 0 aromatic rings. The standard InChI is InChI=1S/C8H16S.CH5N/c1-7(2)8-3-5-9-6-4-8;1-2/h7-8H,3-6H2,1-2H3;2H2,1H3. The molecule has 0 atom stereocenters. The zero-order valence-corrected chi connectivity index (χ0v) is 8.79. The average Bonchev–Trinajstić information content (AvgIpc) is 2.10. The molecule has 11 heavy (non-hydrogen) atoms. The fourth-order valence-electron chi connectivity index (χ4n) is 1.38. The Bertz CT molecular complexity index is 77.6. The largest absolute Gasteiger partial charge is 0.333 e. The molecule has 0 unspecified atom stereocenters. The van der Waals surface area contributed by atoms with Crippen LogP contribution in [-0.2, 0) is 0 Å². The Morgan fingerprint density at radius 1 is 1.18 bits per heavy atom. The number of hydrogen-bond acceptors (Lipinski definition) is 2. The first kappa shape index (κ1) is 11.3. The van der Waals surface area contributed by atoms with Crippen molar-refractivity contribution in [1.82, 2.24) is 0 Å². The summed E-state index contributed by atoms with van der Waals surface area (Å²) < 4.78 is 0. The molecule has 2 heteroatoms. The second kappa shape index (κ2) is 6.99. The minimum atomic E-state index is 0.922. The zero-order valence-electron chi connectivity index (χ0n) is 7.97. The molecule has 1 heterocycles. The minimum absolute atomic E-state index is 0.922. The van der Waals surface area contributed by atoms with Gasteiger partial charge in [0.2, 0.25) is 0 Å². The van der Waals surface area contributed by atoms with Crippen molar-refractivity contribution in [3.05, 3.63) is 0 Å². The summed E-state index contributed by atoms with van der Waals surface area (Å²) in [5.41, 5.74) is 4.50. The highest BCUT2D eigenvalue weighted by Crippen LogP contribution is 2.27. The van der Waals surface area contributed by atoms with E-state index in [4.69, 9.17) is 0 Å². The molecule has 2 N–H and O–H groups in total. The van der Waals surface area contributed by atoms with Crippen molar-refractivity contribution in [2.75, 3.05) is 18.6 Å². The van der Waals surface area contributed by atoms with Gasteiger partial charge in [-0.15, -0.1) is 0 Å². The van der Waals surface area contributed by atoms with E-state index in [1.807, 2.05) is 0 Å². The van der Waals surface area contributed by atoms with Crippen LogP contribution in [0.1, 0.15) is 26.7 Å². The Labute approximate surface area is 75.1 Å². The van der Waals surface area contributed by atoms with Gasteiger partial charge in [0.1, 0.15) is 0 Å². The van der Waals surface area contributed by atoms with E-state index < -0.39 is 0 Å². The van der Waals surface area contributed by atoms with Crippen LogP contribution in [0.5, 0.6) is 0 Å². The number of thioether (sulfide) groups is 1. The number of rotatable bonds is 1. The van der Waals surface area contributed by atoms with Crippen LogP contribution in [0.3, 0.4) is 0 Å². The topological polar surface area (TPSA) is 26.0 Å². The fraction of sp³-hybridized carbons (Fsp3) is 1.00. The summed E-state index contributed by atoms with van der Waals surface area (Å²) >= 11 is 2.12. The van der Waals surface area contributed by atoms with Crippen molar-refractivity contribution in [3.63, 3.8) is 0 Å². The summed E-state index contributed by atoms with van der Waals surface area (Å²) in [6.45, 7) is 4.70. The molecule has 0 aromatic carbocycles. The van der Waals surface area contributed by atoms with Crippen molar-refractivity contribution in [3.8, 4) is 0 Å². The van der Waals surface area contributed by atoms with Crippen molar-refractivity contribution in [2.45, 2.75) is 26.7 Å². The maximum Gasteiger partial charge on any atom is -0.00648 e. The molecule has 1 saturated heterocycles. The molecule has 0 saturated carbocycles. The van der Waals surface area contributed by atoms with E-state index in [0.717, 1.165) is 11.8 Å². The number of hydrogen-bond donors (Lipinski definition) is 1. The van der Waals surface area contributed by atoms with Gasteiger partial charge in [-0.3, -0.25) is 0 Å². The van der Waals surface area contributed by atoms with Gasteiger partial charge >= 0.3 is 0 Å². The average molecular weight is 175 g/mol. The van der Waals surface area contributed by atoms with Crippen LogP contribution in [0.15, 0.2) is 0 Å². The van der Waals surface area contributed by atoms with Gasteiger partial charge in [-0.1, -0.05) is 13.8 Å². The Morgan fingerprint density at radius 3 is 1.91 bits per heavy atom. The van der Waals surface area contributed by atoms with E-state index in [-0.39, 0.29) is 0 Å². The lowest BCUT2D eigenvalue weighted by atomic mass is 9.91. The molecule has 0 spiro atoms. The monoisotopic (exact) mass is 175 g/mol. The Hall–Kier alpha value is 0.310. The number of nitrogens with two attached hydrogens (primary N) is 1. The highest BCUT2D eigenvalue weighted by atomic mass is 32.2. The van der Waals surface area contributed by atoms with Gasteiger partial charge < -0.3 is 5.73 Å². The molecule has 0 amide bonds. The zero-order chi connectivity index (χ0) is 8.69. The summed E-state index contributed by atoms with van der Waals surface area (Å²) in [6.07, 6.45) is 2.92. The van der Waals surface area contributed by atoms with Gasteiger partial charge in [0.25, 0.3) is 0 Å². The highest BCUT2D eigenvalue weighted by molar-refractivity contribution is 7.99. The first-order valence-electron chi connectivity index (χ1n) is 4.46. The van der Waals surface area contributed by atoms with Crippen LogP contribution in [-0.4, -0.2) is 18.6 Å². The lowest BCUT2D eigenvalue weighted by Crippen LogP contribution is -2.14. The molecule has 1 nitrogen and oxygen atoms in total. The Kier molecular flexibility index (Phi) is 7.18. The molecular formula is C9H21NS. The summed E-state index contributed by atoms with van der Waals surface area (Å²) in [5, 5.41) is 0. The van der Waals surface area contributed by atoms with Gasteiger partial charge in [-0.2, -0.15) is 11.8 Å². The Morgan fingerprint density at radius 2 is 1.64 bits per heavy atom. The van der Waals surface area contributed by atoms with Crippen LogP contribution in [0, 0.1) is 11.8 Å². The second-order valence-corrected chi connectivity index (χ2v) is 4.42. The lowest BCUT2D eigenvalue weighted by molar-refractivity contribution is 0.361. The highest BCUT2D eigenvalue weighted by Gasteiger charge is 2.15. The molecule has 0 bridgehead atoms. The van der Waals surface area contributed by atoms with Gasteiger partial charge in [-0.05, 0) is 43.2 Å². The maximum atomic E-state index is 4.50. The van der Waals surface area contributed by atoms with E-state index in [1.165, 1.54) is 31.4 Å². The van der Waals surface area contributed by atoms with Gasteiger partial charge in [0.05, 0.1) is 0 Å². The SMILES string of the molecule is CC(C)C1CCSCC1.CN. The molecule has 1 fully saturated rings. The molecule has 0 aromatic heterocycles. The molecule has 1 aliphatic rings. The van der Waals surface area contributed by atoms with Gasteiger partial charge in [-0.25, -0.2) is 0 Å². The molecule has 1 rings (SSSR count). The van der Waals surface area contributed by atoms with Crippen molar-refractivity contribution < 1.29 is 0 Å². The van der Waals surface area contributed by atoms with E-state index in [2.05, 4.69) is 31.3 Å². The first-order valence-corrected chi connectivity index (χ1v) is 5.61. The molecule has 0 radical (unpaired) electrons. The summed E-state index contributed by atoms with van der Waals surface area (Å²) in [7, 11) is 1.50. The normalized spacial score (nSPS) is 19.4.